The molecule has 0 heterocycles. The molecule has 21 heavy (non-hydrogen) atoms. The Bertz CT molecular complexity index is 338. The molecule has 0 saturated carbocycles. The number of ether oxygens (including phenoxy) is 2. The summed E-state index contributed by atoms with van der Waals surface area (Å²) < 4.78 is 10.4. The summed E-state index contributed by atoms with van der Waals surface area (Å²) in [6, 6.07) is 11.0. The van der Waals surface area contributed by atoms with E-state index in [4.69, 9.17) is 9.47 Å². The lowest BCUT2D eigenvalue weighted by Gasteiger charge is -2.28. The van der Waals surface area contributed by atoms with E-state index in [1.165, 1.54) is 5.56 Å². The molecular formula is C17H30N2O2. The minimum Gasteiger partial charge on any atom is -0.383 e. The topological polar surface area (TPSA) is 33.7 Å². The lowest BCUT2D eigenvalue weighted by atomic mass is 10.1. The smallest absolute Gasteiger partial charge is 0.0589 e. The molecule has 0 saturated heterocycles. The zero-order valence-electron chi connectivity index (χ0n) is 13.7. The molecule has 4 heteroatoms. The largest absolute Gasteiger partial charge is 0.383 e. The Balaban J connectivity index is 2.66. The molecule has 1 N–H and O–H groups in total. The molecule has 0 spiro atoms. The number of benzene rings is 1. The van der Waals surface area contributed by atoms with Gasteiger partial charge >= 0.3 is 0 Å². The van der Waals surface area contributed by atoms with Crippen molar-refractivity contribution in [3.05, 3.63) is 35.9 Å². The van der Waals surface area contributed by atoms with E-state index in [9.17, 15) is 0 Å². The van der Waals surface area contributed by atoms with Crippen molar-refractivity contribution in [2.75, 3.05) is 53.6 Å². The number of rotatable bonds is 12. The number of hydrogen-bond acceptors (Lipinski definition) is 4. The third-order valence-electron chi connectivity index (χ3n) is 3.51. The Morgan fingerprint density at radius 2 is 1.67 bits per heavy atom. The average molecular weight is 294 g/mol. The first-order valence-corrected chi connectivity index (χ1v) is 7.80. The summed E-state index contributed by atoms with van der Waals surface area (Å²) in [6.07, 6.45) is 1.14. The highest BCUT2D eigenvalue weighted by Crippen LogP contribution is 2.14. The molecule has 1 rings (SSSR count). The SMILES string of the molecule is CCCNC(CN(CCOC)CCOC)c1ccccc1. The number of nitrogens with zero attached hydrogens (tertiary/aromatic N) is 1. The summed E-state index contributed by atoms with van der Waals surface area (Å²) in [7, 11) is 3.50. The van der Waals surface area contributed by atoms with E-state index in [1.807, 2.05) is 0 Å². The van der Waals surface area contributed by atoms with Crippen molar-refractivity contribution in [1.82, 2.24) is 10.2 Å². The molecule has 0 radical (unpaired) electrons. The molecule has 1 aromatic carbocycles. The van der Waals surface area contributed by atoms with Gasteiger partial charge in [-0.25, -0.2) is 0 Å². The van der Waals surface area contributed by atoms with Gasteiger partial charge in [-0.1, -0.05) is 37.3 Å². The molecule has 120 valence electrons. The van der Waals surface area contributed by atoms with Crippen molar-refractivity contribution < 1.29 is 9.47 Å². The molecule has 0 fully saturated rings. The second-order valence-corrected chi connectivity index (χ2v) is 5.20. The summed E-state index contributed by atoms with van der Waals surface area (Å²) >= 11 is 0. The normalized spacial score (nSPS) is 12.8. The van der Waals surface area contributed by atoms with Crippen LogP contribution in [0.2, 0.25) is 0 Å². The molecule has 0 aliphatic heterocycles. The predicted octanol–water partition coefficient (Wildman–Crippen LogP) is 2.32. The number of methoxy groups -OCH3 is 2. The van der Waals surface area contributed by atoms with E-state index >= 15 is 0 Å². The summed E-state index contributed by atoms with van der Waals surface area (Å²) in [5, 5.41) is 3.65. The second kappa shape index (κ2) is 11.7. The summed E-state index contributed by atoms with van der Waals surface area (Å²) in [4.78, 5) is 2.40. The highest BCUT2D eigenvalue weighted by Gasteiger charge is 2.15. The number of nitrogens with one attached hydrogen (secondary N) is 1. The Morgan fingerprint density at radius 3 is 2.19 bits per heavy atom. The van der Waals surface area contributed by atoms with Gasteiger partial charge in [0.05, 0.1) is 13.2 Å². The van der Waals surface area contributed by atoms with Crippen LogP contribution >= 0.6 is 0 Å². The van der Waals surface area contributed by atoms with Gasteiger partial charge < -0.3 is 14.8 Å². The number of hydrogen-bond donors (Lipinski definition) is 1. The fraction of sp³-hybridized carbons (Fsp3) is 0.647. The lowest BCUT2D eigenvalue weighted by molar-refractivity contribution is 0.107. The van der Waals surface area contributed by atoms with E-state index < -0.39 is 0 Å². The minimum absolute atomic E-state index is 0.347. The first-order valence-electron chi connectivity index (χ1n) is 7.80. The first kappa shape index (κ1) is 18.1. The Morgan fingerprint density at radius 1 is 1.05 bits per heavy atom. The van der Waals surface area contributed by atoms with Gasteiger partial charge in [-0.3, -0.25) is 4.90 Å². The second-order valence-electron chi connectivity index (χ2n) is 5.20. The van der Waals surface area contributed by atoms with Crippen molar-refractivity contribution in [3.8, 4) is 0 Å². The van der Waals surface area contributed by atoms with Gasteiger partial charge in [0.2, 0.25) is 0 Å². The molecule has 4 nitrogen and oxygen atoms in total. The molecule has 0 aromatic heterocycles. The molecule has 0 aliphatic rings. The van der Waals surface area contributed by atoms with Crippen LogP contribution < -0.4 is 5.32 Å². The molecule has 1 atom stereocenters. The first-order chi connectivity index (χ1) is 10.3. The fourth-order valence-corrected chi connectivity index (χ4v) is 2.29. The maximum Gasteiger partial charge on any atom is 0.0589 e. The zero-order valence-corrected chi connectivity index (χ0v) is 13.7. The van der Waals surface area contributed by atoms with Crippen LogP contribution in [0.3, 0.4) is 0 Å². The Kier molecular flexibility index (Phi) is 10.1. The van der Waals surface area contributed by atoms with Gasteiger partial charge in [0, 0.05) is 39.9 Å². The van der Waals surface area contributed by atoms with Crippen LogP contribution in [0, 0.1) is 0 Å². The summed E-state index contributed by atoms with van der Waals surface area (Å²) in [5.74, 6) is 0. The maximum absolute atomic E-state index is 5.22. The van der Waals surface area contributed by atoms with Crippen LogP contribution in [0.4, 0.5) is 0 Å². The van der Waals surface area contributed by atoms with Crippen LogP contribution in [0.25, 0.3) is 0 Å². The van der Waals surface area contributed by atoms with Crippen LogP contribution in [-0.2, 0) is 9.47 Å². The molecule has 1 unspecified atom stereocenters. The van der Waals surface area contributed by atoms with Gasteiger partial charge in [-0.05, 0) is 18.5 Å². The summed E-state index contributed by atoms with van der Waals surface area (Å²) in [5.41, 5.74) is 1.34. The summed E-state index contributed by atoms with van der Waals surface area (Å²) in [6.45, 7) is 7.55. The van der Waals surface area contributed by atoms with E-state index in [1.54, 1.807) is 14.2 Å². The quantitative estimate of drug-likeness (QED) is 0.641. The van der Waals surface area contributed by atoms with Crippen LogP contribution in [0.5, 0.6) is 0 Å². The van der Waals surface area contributed by atoms with Gasteiger partial charge in [0.1, 0.15) is 0 Å². The van der Waals surface area contributed by atoms with Crippen LogP contribution in [-0.4, -0.2) is 58.5 Å². The van der Waals surface area contributed by atoms with Crippen molar-refractivity contribution in [1.29, 1.82) is 0 Å². The Hall–Kier alpha value is -0.940. The maximum atomic E-state index is 5.22. The molecular weight excluding hydrogens is 264 g/mol. The van der Waals surface area contributed by atoms with Gasteiger partial charge in [0.15, 0.2) is 0 Å². The van der Waals surface area contributed by atoms with Crippen LogP contribution in [0.1, 0.15) is 24.9 Å². The van der Waals surface area contributed by atoms with E-state index in [2.05, 4.69) is 47.5 Å². The standard InChI is InChI=1S/C17H30N2O2/c1-4-10-18-17(16-8-6-5-7-9-16)15-19(11-13-20-2)12-14-21-3/h5-9,17-18H,4,10-15H2,1-3H3. The third kappa shape index (κ3) is 7.58. The van der Waals surface area contributed by atoms with Crippen molar-refractivity contribution in [3.63, 3.8) is 0 Å². The van der Waals surface area contributed by atoms with Gasteiger partial charge in [0.25, 0.3) is 0 Å². The highest BCUT2D eigenvalue weighted by molar-refractivity contribution is 5.19. The Labute approximate surface area is 129 Å². The molecule has 0 amide bonds. The molecule has 0 aliphatic carbocycles. The van der Waals surface area contributed by atoms with Gasteiger partial charge in [-0.2, -0.15) is 0 Å². The zero-order chi connectivity index (χ0) is 15.3. The highest BCUT2D eigenvalue weighted by atomic mass is 16.5. The van der Waals surface area contributed by atoms with E-state index in [-0.39, 0.29) is 0 Å². The van der Waals surface area contributed by atoms with Crippen LogP contribution in [0.15, 0.2) is 30.3 Å². The fourth-order valence-electron chi connectivity index (χ4n) is 2.29. The van der Waals surface area contributed by atoms with Crippen molar-refractivity contribution in [2.24, 2.45) is 0 Å². The van der Waals surface area contributed by atoms with Crippen molar-refractivity contribution in [2.45, 2.75) is 19.4 Å². The van der Waals surface area contributed by atoms with Crippen molar-refractivity contribution >= 4 is 0 Å². The molecule has 1 aromatic rings. The lowest BCUT2D eigenvalue weighted by Crippen LogP contribution is -2.39. The minimum atomic E-state index is 0.347. The monoisotopic (exact) mass is 294 g/mol. The molecule has 0 bridgehead atoms. The van der Waals surface area contributed by atoms with E-state index in [0.29, 0.717) is 6.04 Å². The average Bonchev–Trinajstić information content (AvgIpc) is 2.54. The predicted molar refractivity (Wildman–Crippen MR) is 87.7 cm³/mol. The van der Waals surface area contributed by atoms with Gasteiger partial charge in [-0.15, -0.1) is 0 Å². The van der Waals surface area contributed by atoms with E-state index in [0.717, 1.165) is 45.8 Å². The third-order valence-corrected chi connectivity index (χ3v) is 3.51.